The molecule has 0 spiro atoms. The summed E-state index contributed by atoms with van der Waals surface area (Å²) < 4.78 is 178. The van der Waals surface area contributed by atoms with Crippen LogP contribution in [0, 0.1) is 0 Å². The molecule has 0 bridgehead atoms. The van der Waals surface area contributed by atoms with E-state index in [1.165, 1.54) is 94.1 Å². The van der Waals surface area contributed by atoms with Crippen LogP contribution in [0.4, 0.5) is 52.7 Å². The highest BCUT2D eigenvalue weighted by atomic mass is 19.4. The molecular formula is C52H28F12N2. The number of alkyl halides is 12. The van der Waals surface area contributed by atoms with Gasteiger partial charge in [-0.25, -0.2) is 0 Å². The van der Waals surface area contributed by atoms with Crippen molar-refractivity contribution >= 4 is 43.6 Å². The van der Waals surface area contributed by atoms with E-state index in [0.717, 1.165) is 36.4 Å². The van der Waals surface area contributed by atoms with Gasteiger partial charge in [-0.15, -0.1) is 0 Å². The first-order valence-corrected chi connectivity index (χ1v) is 20.1. The van der Waals surface area contributed by atoms with Gasteiger partial charge < -0.3 is 9.13 Å². The third-order valence-electron chi connectivity index (χ3n) is 11.9. The molecule has 0 atom stereocenters. The molecule has 2 aromatic heterocycles. The largest absolute Gasteiger partial charge is 0.418 e. The van der Waals surface area contributed by atoms with E-state index in [1.807, 2.05) is 0 Å². The Kier molecular flexibility index (Phi) is 9.68. The number of nitrogens with zero attached hydrogens (tertiary/aromatic N) is 2. The molecular weight excluding hydrogens is 881 g/mol. The molecule has 0 unspecified atom stereocenters. The van der Waals surface area contributed by atoms with Gasteiger partial charge in [0.25, 0.3) is 0 Å². The Morgan fingerprint density at radius 2 is 0.576 bits per heavy atom. The molecule has 2 heterocycles. The number of hydrogen-bond donors (Lipinski definition) is 0. The number of rotatable bonds is 5. The number of fused-ring (bicyclic) bond motifs is 6. The second kappa shape index (κ2) is 15.0. The zero-order chi connectivity index (χ0) is 46.5. The van der Waals surface area contributed by atoms with Crippen LogP contribution in [0.1, 0.15) is 22.3 Å². The molecule has 0 aliphatic carbocycles. The second-order valence-electron chi connectivity index (χ2n) is 15.7. The first kappa shape index (κ1) is 42.5. The molecule has 0 N–H and O–H groups in total. The van der Waals surface area contributed by atoms with Gasteiger partial charge in [-0.1, -0.05) is 97.1 Å². The maximum atomic E-state index is 15.1. The fraction of sp³-hybridized carbons (Fsp3) is 0.0769. The van der Waals surface area contributed by atoms with Gasteiger partial charge in [-0.05, 0) is 106 Å². The predicted octanol–water partition coefficient (Wildman–Crippen LogP) is 17.0. The third kappa shape index (κ3) is 7.11. The molecule has 0 radical (unpaired) electrons. The predicted molar refractivity (Wildman–Crippen MR) is 231 cm³/mol. The molecule has 0 fully saturated rings. The van der Waals surface area contributed by atoms with Crippen molar-refractivity contribution in [3.8, 4) is 44.8 Å². The minimum atomic E-state index is -4.94. The zero-order valence-corrected chi connectivity index (χ0v) is 33.6. The van der Waals surface area contributed by atoms with Gasteiger partial charge in [0, 0.05) is 21.5 Å². The smallest absolute Gasteiger partial charge is 0.309 e. The van der Waals surface area contributed by atoms with Crippen molar-refractivity contribution in [3.63, 3.8) is 0 Å². The van der Waals surface area contributed by atoms with Gasteiger partial charge in [0.2, 0.25) is 0 Å². The van der Waals surface area contributed by atoms with E-state index in [1.54, 1.807) is 48.5 Å². The summed E-state index contributed by atoms with van der Waals surface area (Å²) in [7, 11) is 0. The lowest BCUT2D eigenvalue weighted by atomic mass is 9.97. The second-order valence-corrected chi connectivity index (χ2v) is 15.7. The van der Waals surface area contributed by atoms with Crippen LogP contribution in [-0.4, -0.2) is 9.13 Å². The summed E-state index contributed by atoms with van der Waals surface area (Å²) in [6, 6.07) is 37.8. The Bertz CT molecular complexity index is 3310. The summed E-state index contributed by atoms with van der Waals surface area (Å²) in [5.41, 5.74) is -3.43. The van der Waals surface area contributed by atoms with Crippen molar-refractivity contribution in [1.29, 1.82) is 0 Å². The summed E-state index contributed by atoms with van der Waals surface area (Å²) in [6.45, 7) is 0. The van der Waals surface area contributed by atoms with Gasteiger partial charge >= 0.3 is 24.7 Å². The molecule has 330 valence electrons. The molecule has 66 heavy (non-hydrogen) atoms. The average Bonchev–Trinajstić information content (AvgIpc) is 3.79. The topological polar surface area (TPSA) is 9.86 Å². The summed E-state index contributed by atoms with van der Waals surface area (Å²) in [6.07, 6.45) is -19.3. The number of halogens is 12. The van der Waals surface area contributed by atoms with E-state index in [2.05, 4.69) is 0 Å². The third-order valence-corrected chi connectivity index (χ3v) is 11.9. The minimum Gasteiger partial charge on any atom is -0.309 e. The molecule has 8 aromatic carbocycles. The van der Waals surface area contributed by atoms with Crippen LogP contribution < -0.4 is 0 Å². The standard InChI is InChI=1S/C52H28F12N2/c53-49(54,55)39-13-5-1-9-33(39)31-19-23-45-37(25-31)35-11-3-7-15-43(35)65(45)47-27-29(17-21-41(47)51(59,60)61)30-18-22-42(52(62,63)64)48(28-30)66-44-16-8-4-12-36(44)38-26-32(20-24-46(38)66)34-10-2-6-14-40(34)50(56,57)58/h1-28H. The highest BCUT2D eigenvalue weighted by Crippen LogP contribution is 2.46. The Morgan fingerprint density at radius 3 is 0.955 bits per heavy atom. The normalized spacial score (nSPS) is 12.8. The van der Waals surface area contributed by atoms with Crippen LogP contribution >= 0.6 is 0 Å². The lowest BCUT2D eigenvalue weighted by Crippen LogP contribution is -2.12. The summed E-state index contributed by atoms with van der Waals surface area (Å²) in [4.78, 5) is 0. The van der Waals surface area contributed by atoms with Gasteiger partial charge in [-0.2, -0.15) is 52.7 Å². The summed E-state index contributed by atoms with van der Waals surface area (Å²) in [5, 5.41) is 1.58. The fourth-order valence-corrected chi connectivity index (χ4v) is 9.04. The van der Waals surface area contributed by atoms with E-state index in [4.69, 9.17) is 0 Å². The van der Waals surface area contributed by atoms with Crippen molar-refractivity contribution < 1.29 is 52.7 Å². The Hall–Kier alpha value is -7.48. The van der Waals surface area contributed by atoms with Crippen LogP contribution in [0.2, 0.25) is 0 Å². The Morgan fingerprint density at radius 1 is 0.258 bits per heavy atom. The molecule has 10 rings (SSSR count). The zero-order valence-electron chi connectivity index (χ0n) is 33.6. The van der Waals surface area contributed by atoms with E-state index < -0.39 is 47.0 Å². The lowest BCUT2D eigenvalue weighted by molar-refractivity contribution is -0.138. The summed E-state index contributed by atoms with van der Waals surface area (Å²) >= 11 is 0. The molecule has 0 saturated carbocycles. The highest BCUT2D eigenvalue weighted by molar-refractivity contribution is 6.12. The van der Waals surface area contributed by atoms with Crippen LogP contribution in [0.5, 0.6) is 0 Å². The van der Waals surface area contributed by atoms with Gasteiger partial charge in [-0.3, -0.25) is 0 Å². The highest BCUT2D eigenvalue weighted by Gasteiger charge is 2.38. The van der Waals surface area contributed by atoms with Crippen LogP contribution in [-0.2, 0) is 24.7 Å². The number of hydrogen-bond acceptors (Lipinski definition) is 0. The van der Waals surface area contributed by atoms with Crippen LogP contribution in [0.15, 0.2) is 170 Å². The molecule has 10 aromatic rings. The average molecular weight is 909 g/mol. The van der Waals surface area contributed by atoms with Crippen molar-refractivity contribution in [2.45, 2.75) is 24.7 Å². The van der Waals surface area contributed by atoms with Gasteiger partial charge in [0.1, 0.15) is 0 Å². The molecule has 2 nitrogen and oxygen atoms in total. The maximum Gasteiger partial charge on any atom is 0.418 e. The molecule has 0 amide bonds. The number of aromatic nitrogens is 2. The van der Waals surface area contributed by atoms with Crippen molar-refractivity contribution in [2.75, 3.05) is 0 Å². The molecule has 14 heteroatoms. The van der Waals surface area contributed by atoms with Gasteiger partial charge in [0.05, 0.1) is 55.7 Å². The molecule has 0 aliphatic rings. The van der Waals surface area contributed by atoms with Crippen molar-refractivity contribution in [1.82, 2.24) is 9.13 Å². The summed E-state index contributed by atoms with van der Waals surface area (Å²) in [5.74, 6) is 0. The fourth-order valence-electron chi connectivity index (χ4n) is 9.04. The van der Waals surface area contributed by atoms with Crippen molar-refractivity contribution in [2.24, 2.45) is 0 Å². The van der Waals surface area contributed by atoms with Crippen LogP contribution in [0.3, 0.4) is 0 Å². The number of benzene rings is 8. The van der Waals surface area contributed by atoms with Gasteiger partial charge in [0.15, 0.2) is 0 Å². The minimum absolute atomic E-state index is 0.0986. The Balaban J connectivity index is 1.18. The number of para-hydroxylation sites is 2. The molecule has 0 saturated heterocycles. The molecule has 0 aliphatic heterocycles. The maximum absolute atomic E-state index is 15.1. The van der Waals surface area contributed by atoms with E-state index in [9.17, 15) is 26.3 Å². The first-order valence-electron chi connectivity index (χ1n) is 20.1. The van der Waals surface area contributed by atoms with E-state index in [-0.39, 0.29) is 66.8 Å². The first-order chi connectivity index (χ1) is 31.3. The van der Waals surface area contributed by atoms with Crippen molar-refractivity contribution in [3.05, 3.63) is 192 Å². The monoisotopic (exact) mass is 908 g/mol. The lowest BCUT2D eigenvalue weighted by Gasteiger charge is -2.20. The van der Waals surface area contributed by atoms with E-state index in [0.29, 0.717) is 21.5 Å². The quantitative estimate of drug-likeness (QED) is 0.152. The Labute approximate surface area is 366 Å². The SMILES string of the molecule is FC(F)(F)c1ccccc1-c1ccc2c(c1)c1ccccc1n2-c1cc(-c2ccc(C(F)(F)F)c(-n3c4ccccc4c4cc(-c5ccccc5C(F)(F)F)ccc43)c2)ccc1C(F)(F)F. The van der Waals surface area contributed by atoms with E-state index >= 15 is 26.3 Å². The van der Waals surface area contributed by atoms with Crippen LogP contribution in [0.25, 0.3) is 88.4 Å².